The molecule has 18 heavy (non-hydrogen) atoms. The number of ether oxygens (including phenoxy) is 1. The van der Waals surface area contributed by atoms with Crippen LogP contribution in [0.15, 0.2) is 22.7 Å². The Labute approximate surface area is 111 Å². The first-order valence-electron chi connectivity index (χ1n) is 5.03. The highest BCUT2D eigenvalue weighted by atomic mass is 79.9. The van der Waals surface area contributed by atoms with Crippen molar-refractivity contribution >= 4 is 27.8 Å². The minimum atomic E-state index is -1.07. The van der Waals surface area contributed by atoms with Crippen LogP contribution in [0.1, 0.15) is 10.4 Å². The summed E-state index contributed by atoms with van der Waals surface area (Å²) in [6, 6.07) is 3.73. The molecule has 0 aromatic heterocycles. The van der Waals surface area contributed by atoms with Crippen molar-refractivity contribution in [1.29, 1.82) is 0 Å². The van der Waals surface area contributed by atoms with Crippen molar-refractivity contribution < 1.29 is 23.8 Å². The molecule has 0 aliphatic rings. The Kier molecular flexibility index (Phi) is 5.73. The zero-order chi connectivity index (χ0) is 13.5. The number of carboxylic acids is 1. The van der Waals surface area contributed by atoms with E-state index >= 15 is 0 Å². The summed E-state index contributed by atoms with van der Waals surface area (Å²) in [5.74, 6) is -1.90. The third kappa shape index (κ3) is 4.80. The lowest BCUT2D eigenvalue weighted by Gasteiger charge is -2.06. The first-order valence-corrected chi connectivity index (χ1v) is 5.83. The Hall–Kier alpha value is -1.47. The molecule has 0 atom stereocenters. The minimum absolute atomic E-state index is 0.0941. The predicted molar refractivity (Wildman–Crippen MR) is 64.9 cm³/mol. The van der Waals surface area contributed by atoms with Gasteiger partial charge in [0.1, 0.15) is 12.4 Å². The topological polar surface area (TPSA) is 75.6 Å². The molecule has 1 aromatic rings. The lowest BCUT2D eigenvalue weighted by molar-refractivity contribution is -0.142. The number of amides is 1. The number of carboxylic acid groups (broad SMARTS) is 1. The van der Waals surface area contributed by atoms with Crippen LogP contribution in [0.4, 0.5) is 4.39 Å². The fourth-order valence-corrected chi connectivity index (χ4v) is 1.70. The van der Waals surface area contributed by atoms with Crippen LogP contribution in [-0.2, 0) is 9.53 Å². The maximum atomic E-state index is 12.8. The molecule has 0 unspecified atom stereocenters. The van der Waals surface area contributed by atoms with Gasteiger partial charge in [-0.3, -0.25) is 4.79 Å². The number of carbonyl (C=O) groups is 2. The second-order valence-corrected chi connectivity index (χ2v) is 4.18. The molecule has 0 bridgehead atoms. The van der Waals surface area contributed by atoms with Crippen molar-refractivity contribution in [1.82, 2.24) is 5.32 Å². The lowest BCUT2D eigenvalue weighted by Crippen LogP contribution is -2.28. The van der Waals surface area contributed by atoms with E-state index in [2.05, 4.69) is 21.2 Å². The van der Waals surface area contributed by atoms with Crippen molar-refractivity contribution in [3.63, 3.8) is 0 Å². The molecule has 0 saturated carbocycles. The van der Waals surface area contributed by atoms with E-state index < -0.39 is 18.4 Å². The van der Waals surface area contributed by atoms with Gasteiger partial charge >= 0.3 is 5.97 Å². The van der Waals surface area contributed by atoms with E-state index in [4.69, 9.17) is 9.84 Å². The van der Waals surface area contributed by atoms with Gasteiger partial charge in [-0.2, -0.15) is 0 Å². The predicted octanol–water partition coefficient (Wildman–Crippen LogP) is 1.42. The maximum absolute atomic E-state index is 12.8. The van der Waals surface area contributed by atoms with Gasteiger partial charge in [-0.05, 0) is 34.1 Å². The fraction of sp³-hybridized carbons (Fsp3) is 0.273. The van der Waals surface area contributed by atoms with Crippen LogP contribution in [-0.4, -0.2) is 36.7 Å². The van der Waals surface area contributed by atoms with Crippen molar-refractivity contribution in [3.8, 4) is 0 Å². The summed E-state index contributed by atoms with van der Waals surface area (Å²) in [6.07, 6.45) is 0. The van der Waals surface area contributed by atoms with Gasteiger partial charge in [-0.15, -0.1) is 0 Å². The smallest absolute Gasteiger partial charge is 0.329 e. The molecule has 0 aliphatic carbocycles. The summed E-state index contributed by atoms with van der Waals surface area (Å²) in [6.45, 7) is -0.136. The van der Waals surface area contributed by atoms with Crippen molar-refractivity contribution in [2.24, 2.45) is 0 Å². The number of hydrogen-bond donors (Lipinski definition) is 2. The highest BCUT2D eigenvalue weighted by Gasteiger charge is 2.09. The van der Waals surface area contributed by atoms with Crippen LogP contribution in [0.3, 0.4) is 0 Å². The van der Waals surface area contributed by atoms with Gasteiger partial charge in [0.2, 0.25) is 0 Å². The van der Waals surface area contributed by atoms with Crippen LogP contribution in [0.5, 0.6) is 0 Å². The second kappa shape index (κ2) is 7.07. The summed E-state index contributed by atoms with van der Waals surface area (Å²) in [5, 5.41) is 10.8. The number of halogens is 2. The zero-order valence-corrected chi connectivity index (χ0v) is 10.9. The fourth-order valence-electron chi connectivity index (χ4n) is 1.17. The van der Waals surface area contributed by atoms with Gasteiger partial charge in [-0.25, -0.2) is 9.18 Å². The average molecular weight is 320 g/mol. The summed E-state index contributed by atoms with van der Waals surface area (Å²) < 4.78 is 17.9. The zero-order valence-electron chi connectivity index (χ0n) is 9.28. The third-order valence-corrected chi connectivity index (χ3v) is 2.59. The quantitative estimate of drug-likeness (QED) is 0.777. The van der Waals surface area contributed by atoms with Crippen LogP contribution < -0.4 is 5.32 Å². The molecule has 0 aliphatic heterocycles. The molecule has 7 heteroatoms. The molecule has 98 valence electrons. The Morgan fingerprint density at radius 2 is 2.17 bits per heavy atom. The first kappa shape index (κ1) is 14.6. The lowest BCUT2D eigenvalue weighted by atomic mass is 10.2. The molecule has 1 rings (SSSR count). The first-order chi connectivity index (χ1) is 8.50. The van der Waals surface area contributed by atoms with E-state index in [1.165, 1.54) is 18.2 Å². The Balaban J connectivity index is 2.39. The molecular weight excluding hydrogens is 309 g/mol. The molecule has 0 radical (unpaired) electrons. The molecule has 1 amide bonds. The molecule has 5 nitrogen and oxygen atoms in total. The Morgan fingerprint density at radius 1 is 1.44 bits per heavy atom. The van der Waals surface area contributed by atoms with E-state index in [1.807, 2.05) is 0 Å². The second-order valence-electron chi connectivity index (χ2n) is 3.33. The van der Waals surface area contributed by atoms with Crippen molar-refractivity contribution in [2.75, 3.05) is 19.8 Å². The van der Waals surface area contributed by atoms with Gasteiger partial charge in [0, 0.05) is 11.0 Å². The number of aliphatic carboxylic acids is 1. The normalized spacial score (nSPS) is 10.1. The number of nitrogens with one attached hydrogen (secondary N) is 1. The standard InChI is InChI=1S/C11H11BrFNO4/c12-9-5-7(13)1-2-8(9)11(17)14-3-4-18-6-10(15)16/h1-2,5H,3-4,6H2,(H,14,17)(H,15,16). The minimum Gasteiger partial charge on any atom is -0.480 e. The monoisotopic (exact) mass is 319 g/mol. The number of rotatable bonds is 6. The summed E-state index contributed by atoms with van der Waals surface area (Å²) >= 11 is 3.08. The highest BCUT2D eigenvalue weighted by molar-refractivity contribution is 9.10. The molecule has 2 N–H and O–H groups in total. The van der Waals surface area contributed by atoms with E-state index in [0.717, 1.165) is 0 Å². The van der Waals surface area contributed by atoms with Crippen molar-refractivity contribution in [2.45, 2.75) is 0 Å². The summed E-state index contributed by atoms with van der Waals surface area (Å²) in [7, 11) is 0. The van der Waals surface area contributed by atoms with Crippen LogP contribution in [0, 0.1) is 5.82 Å². The van der Waals surface area contributed by atoms with Gasteiger partial charge in [0.15, 0.2) is 0 Å². The molecule has 0 spiro atoms. The van der Waals surface area contributed by atoms with E-state index in [-0.39, 0.29) is 19.1 Å². The molecular formula is C11H11BrFNO4. The molecule has 0 saturated heterocycles. The Morgan fingerprint density at radius 3 is 2.78 bits per heavy atom. The van der Waals surface area contributed by atoms with Crippen LogP contribution in [0.25, 0.3) is 0 Å². The van der Waals surface area contributed by atoms with Gasteiger partial charge in [0.25, 0.3) is 5.91 Å². The maximum Gasteiger partial charge on any atom is 0.329 e. The van der Waals surface area contributed by atoms with Crippen LogP contribution in [0.2, 0.25) is 0 Å². The highest BCUT2D eigenvalue weighted by Crippen LogP contribution is 2.17. The van der Waals surface area contributed by atoms with E-state index in [9.17, 15) is 14.0 Å². The van der Waals surface area contributed by atoms with Crippen LogP contribution >= 0.6 is 15.9 Å². The van der Waals surface area contributed by atoms with Gasteiger partial charge in [-0.1, -0.05) is 0 Å². The molecule has 0 heterocycles. The van der Waals surface area contributed by atoms with E-state index in [0.29, 0.717) is 10.0 Å². The number of carbonyl (C=O) groups excluding carboxylic acids is 1. The SMILES string of the molecule is O=C(O)COCCNC(=O)c1ccc(F)cc1Br. The average Bonchev–Trinajstić information content (AvgIpc) is 2.27. The van der Waals surface area contributed by atoms with Gasteiger partial charge < -0.3 is 15.2 Å². The van der Waals surface area contributed by atoms with E-state index in [1.54, 1.807) is 0 Å². The van der Waals surface area contributed by atoms with Crippen molar-refractivity contribution in [3.05, 3.63) is 34.1 Å². The molecule has 0 fully saturated rings. The summed E-state index contributed by atoms with van der Waals surface area (Å²) in [5.41, 5.74) is 0.301. The van der Waals surface area contributed by atoms with Gasteiger partial charge in [0.05, 0.1) is 12.2 Å². The Bertz CT molecular complexity index is 453. The molecule has 1 aromatic carbocycles. The largest absolute Gasteiger partial charge is 0.480 e. The number of hydrogen-bond acceptors (Lipinski definition) is 3. The third-order valence-electron chi connectivity index (χ3n) is 1.93. The number of benzene rings is 1. The summed E-state index contributed by atoms with van der Waals surface area (Å²) in [4.78, 5) is 21.8.